The zero-order valence-electron chi connectivity index (χ0n) is 12.6. The fraction of sp³-hybridized carbons (Fsp3) is 0.333. The van der Waals surface area contributed by atoms with E-state index in [-0.39, 0.29) is 0 Å². The molecular weight excluding hydrogens is 326 g/mol. The molecule has 0 radical (unpaired) electrons. The number of halogens is 1. The Bertz CT molecular complexity index is 571. The first-order valence-corrected chi connectivity index (χ1v) is 8.16. The Kier molecular flexibility index (Phi) is 6.27. The Morgan fingerprint density at radius 1 is 1.14 bits per heavy atom. The first kappa shape index (κ1) is 16.1. The van der Waals surface area contributed by atoms with Crippen LogP contribution in [-0.4, -0.2) is 13.2 Å². The van der Waals surface area contributed by atoms with E-state index in [4.69, 9.17) is 4.74 Å². The third kappa shape index (κ3) is 5.18. The fourth-order valence-corrected chi connectivity index (χ4v) is 2.75. The lowest BCUT2D eigenvalue weighted by atomic mass is 10.0. The van der Waals surface area contributed by atoms with Crippen LogP contribution in [0.25, 0.3) is 0 Å². The smallest absolute Gasteiger partial charge is 0.119 e. The van der Waals surface area contributed by atoms with Gasteiger partial charge in [-0.3, -0.25) is 0 Å². The predicted molar refractivity (Wildman–Crippen MR) is 91.9 cm³/mol. The first-order chi connectivity index (χ1) is 10.2. The van der Waals surface area contributed by atoms with Gasteiger partial charge in [0, 0.05) is 17.1 Å². The highest BCUT2D eigenvalue weighted by Crippen LogP contribution is 2.20. The number of ether oxygens (including phenoxy) is 1. The summed E-state index contributed by atoms with van der Waals surface area (Å²) in [6, 6.07) is 17.0. The zero-order valence-corrected chi connectivity index (χ0v) is 14.2. The van der Waals surface area contributed by atoms with Crippen LogP contribution in [-0.2, 0) is 0 Å². The van der Waals surface area contributed by atoms with Gasteiger partial charge in [-0.15, -0.1) is 0 Å². The van der Waals surface area contributed by atoms with Crippen LogP contribution in [0.1, 0.15) is 30.5 Å². The molecule has 0 fully saturated rings. The molecule has 0 spiro atoms. The highest BCUT2D eigenvalue weighted by atomic mass is 79.9. The molecule has 2 nitrogen and oxygen atoms in total. The summed E-state index contributed by atoms with van der Waals surface area (Å²) in [4.78, 5) is 0. The summed E-state index contributed by atoms with van der Waals surface area (Å²) in [7, 11) is 0. The Hall–Kier alpha value is -1.32. The molecule has 112 valence electrons. The maximum Gasteiger partial charge on any atom is 0.119 e. The number of nitrogens with one attached hydrogen (secondary N) is 1. The molecule has 21 heavy (non-hydrogen) atoms. The van der Waals surface area contributed by atoms with E-state index in [1.54, 1.807) is 0 Å². The van der Waals surface area contributed by atoms with Crippen LogP contribution < -0.4 is 10.1 Å². The second-order valence-electron chi connectivity index (χ2n) is 5.13. The van der Waals surface area contributed by atoms with Crippen molar-refractivity contribution in [2.24, 2.45) is 0 Å². The number of rotatable bonds is 7. The summed E-state index contributed by atoms with van der Waals surface area (Å²) < 4.78 is 6.89. The van der Waals surface area contributed by atoms with E-state index < -0.39 is 0 Å². The Balaban J connectivity index is 1.81. The first-order valence-electron chi connectivity index (χ1n) is 7.37. The van der Waals surface area contributed by atoms with Crippen LogP contribution in [0, 0.1) is 6.92 Å². The van der Waals surface area contributed by atoms with Crippen LogP contribution in [0.2, 0.25) is 0 Å². The van der Waals surface area contributed by atoms with Gasteiger partial charge in [0.25, 0.3) is 0 Å². The molecule has 0 amide bonds. The molecule has 2 rings (SSSR count). The molecule has 0 saturated carbocycles. The molecule has 1 N–H and O–H groups in total. The summed E-state index contributed by atoms with van der Waals surface area (Å²) in [5, 5.41) is 3.55. The van der Waals surface area contributed by atoms with Crippen LogP contribution >= 0.6 is 15.9 Å². The maximum absolute atomic E-state index is 5.77. The Labute approximate surface area is 135 Å². The SMILES string of the molecule is CCC(NCCOc1cccc(C)c1)c1cccc(Br)c1. The van der Waals surface area contributed by atoms with Crippen LogP contribution in [0.5, 0.6) is 5.75 Å². The van der Waals surface area contributed by atoms with Gasteiger partial charge in [0.2, 0.25) is 0 Å². The van der Waals surface area contributed by atoms with Gasteiger partial charge < -0.3 is 10.1 Å². The normalized spacial score (nSPS) is 12.1. The molecule has 2 aromatic rings. The molecule has 2 aromatic carbocycles. The van der Waals surface area contributed by atoms with Gasteiger partial charge >= 0.3 is 0 Å². The van der Waals surface area contributed by atoms with E-state index in [1.807, 2.05) is 12.1 Å². The zero-order chi connectivity index (χ0) is 15.1. The van der Waals surface area contributed by atoms with Gasteiger partial charge in [-0.2, -0.15) is 0 Å². The van der Waals surface area contributed by atoms with Crippen molar-refractivity contribution >= 4 is 15.9 Å². The van der Waals surface area contributed by atoms with Gasteiger partial charge in [-0.25, -0.2) is 0 Å². The molecule has 0 bridgehead atoms. The standard InChI is InChI=1S/C18H22BrNO/c1-3-18(15-7-5-8-16(19)13-15)20-10-11-21-17-9-4-6-14(2)12-17/h4-9,12-13,18,20H,3,10-11H2,1-2H3. The molecular formula is C18H22BrNO. The van der Waals surface area contributed by atoms with E-state index in [1.165, 1.54) is 11.1 Å². The van der Waals surface area contributed by atoms with E-state index in [9.17, 15) is 0 Å². The summed E-state index contributed by atoms with van der Waals surface area (Å²) in [6.07, 6.45) is 1.06. The minimum atomic E-state index is 0.364. The van der Waals surface area contributed by atoms with Crippen molar-refractivity contribution in [3.8, 4) is 5.75 Å². The minimum Gasteiger partial charge on any atom is -0.492 e. The minimum absolute atomic E-state index is 0.364. The van der Waals surface area contributed by atoms with Crippen LogP contribution in [0.15, 0.2) is 53.0 Å². The summed E-state index contributed by atoms with van der Waals surface area (Å²) in [6.45, 7) is 5.78. The second kappa shape index (κ2) is 8.20. The van der Waals surface area contributed by atoms with Gasteiger partial charge in [-0.05, 0) is 48.7 Å². The van der Waals surface area contributed by atoms with E-state index in [0.29, 0.717) is 12.6 Å². The lowest BCUT2D eigenvalue weighted by molar-refractivity contribution is 0.304. The van der Waals surface area contributed by atoms with Gasteiger partial charge in [-0.1, -0.05) is 47.1 Å². The summed E-state index contributed by atoms with van der Waals surface area (Å²) in [5.74, 6) is 0.937. The molecule has 1 atom stereocenters. The Morgan fingerprint density at radius 3 is 2.67 bits per heavy atom. The largest absolute Gasteiger partial charge is 0.492 e. The van der Waals surface area contributed by atoms with Crippen LogP contribution in [0.3, 0.4) is 0 Å². The van der Waals surface area contributed by atoms with Crippen molar-refractivity contribution in [3.05, 3.63) is 64.1 Å². The number of hydrogen-bond donors (Lipinski definition) is 1. The number of hydrogen-bond acceptors (Lipinski definition) is 2. The lowest BCUT2D eigenvalue weighted by Crippen LogP contribution is -2.25. The van der Waals surface area contributed by atoms with E-state index >= 15 is 0 Å². The topological polar surface area (TPSA) is 21.3 Å². The van der Waals surface area contributed by atoms with Crippen molar-refractivity contribution < 1.29 is 4.74 Å². The van der Waals surface area contributed by atoms with Gasteiger partial charge in [0.05, 0.1) is 0 Å². The average molecular weight is 348 g/mol. The van der Waals surface area contributed by atoms with Crippen molar-refractivity contribution in [2.45, 2.75) is 26.3 Å². The lowest BCUT2D eigenvalue weighted by Gasteiger charge is -2.18. The maximum atomic E-state index is 5.77. The Morgan fingerprint density at radius 2 is 1.95 bits per heavy atom. The molecule has 0 heterocycles. The quantitative estimate of drug-likeness (QED) is 0.721. The van der Waals surface area contributed by atoms with Gasteiger partial charge in [0.15, 0.2) is 0 Å². The van der Waals surface area contributed by atoms with Gasteiger partial charge in [0.1, 0.15) is 12.4 Å². The summed E-state index contributed by atoms with van der Waals surface area (Å²) >= 11 is 3.53. The molecule has 1 unspecified atom stereocenters. The molecule has 0 saturated heterocycles. The number of benzene rings is 2. The third-order valence-corrected chi connectivity index (χ3v) is 3.90. The second-order valence-corrected chi connectivity index (χ2v) is 6.05. The molecule has 0 aliphatic rings. The van der Waals surface area contributed by atoms with Crippen LogP contribution in [0.4, 0.5) is 0 Å². The predicted octanol–water partition coefficient (Wildman–Crippen LogP) is 4.88. The third-order valence-electron chi connectivity index (χ3n) is 3.41. The highest BCUT2D eigenvalue weighted by molar-refractivity contribution is 9.10. The molecule has 0 aliphatic carbocycles. The molecule has 0 aliphatic heterocycles. The molecule has 3 heteroatoms. The fourth-order valence-electron chi connectivity index (χ4n) is 2.33. The summed E-state index contributed by atoms with van der Waals surface area (Å²) in [5.41, 5.74) is 2.53. The highest BCUT2D eigenvalue weighted by Gasteiger charge is 2.08. The van der Waals surface area contributed by atoms with Crippen molar-refractivity contribution in [2.75, 3.05) is 13.2 Å². The number of aryl methyl sites for hydroxylation is 1. The average Bonchev–Trinajstić information content (AvgIpc) is 2.47. The van der Waals surface area contributed by atoms with Crippen molar-refractivity contribution in [1.82, 2.24) is 5.32 Å². The molecule has 0 aromatic heterocycles. The van der Waals surface area contributed by atoms with Crippen molar-refractivity contribution in [1.29, 1.82) is 0 Å². The van der Waals surface area contributed by atoms with E-state index in [0.717, 1.165) is 23.2 Å². The van der Waals surface area contributed by atoms with E-state index in [2.05, 4.69) is 71.5 Å². The van der Waals surface area contributed by atoms with Crippen molar-refractivity contribution in [3.63, 3.8) is 0 Å². The monoisotopic (exact) mass is 347 g/mol.